The maximum Gasteiger partial charge on any atom is 0.433 e. The fraction of sp³-hybridized carbons (Fsp3) is 0.0769. The summed E-state index contributed by atoms with van der Waals surface area (Å²) in [6.07, 6.45) is -4.67. The van der Waals surface area contributed by atoms with Crippen molar-refractivity contribution in [2.75, 3.05) is 0 Å². The average Bonchev–Trinajstić information content (AvgIpc) is 2.38. The monoisotopic (exact) mass is 283 g/mol. The minimum atomic E-state index is -4.67. The van der Waals surface area contributed by atoms with Crippen molar-refractivity contribution in [1.82, 2.24) is 4.98 Å². The highest BCUT2D eigenvalue weighted by atomic mass is 19.4. The van der Waals surface area contributed by atoms with Crippen molar-refractivity contribution in [3.63, 3.8) is 0 Å². The highest BCUT2D eigenvalue weighted by Gasteiger charge is 2.34. The maximum absolute atomic E-state index is 12.6. The van der Waals surface area contributed by atoms with Crippen LogP contribution in [0.2, 0.25) is 0 Å². The summed E-state index contributed by atoms with van der Waals surface area (Å²) >= 11 is 0. The third-order valence-corrected chi connectivity index (χ3v) is 2.34. The van der Waals surface area contributed by atoms with Gasteiger partial charge in [0.05, 0.1) is 0 Å². The van der Waals surface area contributed by atoms with E-state index in [0.717, 1.165) is 6.07 Å². The molecule has 1 aromatic carbocycles. The number of carboxylic acid groups (broad SMARTS) is 1. The molecule has 104 valence electrons. The lowest BCUT2D eigenvalue weighted by Gasteiger charge is -2.11. The Bertz CT molecular complexity index is 627. The van der Waals surface area contributed by atoms with Gasteiger partial charge in [0.2, 0.25) is 5.88 Å². The van der Waals surface area contributed by atoms with Crippen LogP contribution in [0.3, 0.4) is 0 Å². The third kappa shape index (κ3) is 3.05. The van der Waals surface area contributed by atoms with Crippen LogP contribution in [0.1, 0.15) is 16.1 Å². The first-order valence-electron chi connectivity index (χ1n) is 5.42. The largest absolute Gasteiger partial charge is 0.477 e. The fourth-order valence-electron chi connectivity index (χ4n) is 1.44. The van der Waals surface area contributed by atoms with Gasteiger partial charge < -0.3 is 9.84 Å². The molecular weight excluding hydrogens is 275 g/mol. The van der Waals surface area contributed by atoms with Crippen molar-refractivity contribution in [3.05, 3.63) is 53.7 Å². The third-order valence-electron chi connectivity index (χ3n) is 2.34. The Hall–Kier alpha value is -2.57. The standard InChI is InChI=1S/C13H8F3NO3/c14-13(15,16)10-7-6-9(12(18)19)11(17-10)20-8-4-2-1-3-5-8/h1-7H,(H,18,19). The molecule has 20 heavy (non-hydrogen) atoms. The smallest absolute Gasteiger partial charge is 0.433 e. The number of aromatic carboxylic acids is 1. The molecule has 1 aromatic heterocycles. The van der Waals surface area contributed by atoms with Crippen molar-refractivity contribution < 1.29 is 27.8 Å². The molecule has 7 heteroatoms. The molecule has 1 heterocycles. The van der Waals surface area contributed by atoms with E-state index in [4.69, 9.17) is 9.84 Å². The molecule has 0 atom stereocenters. The summed E-state index contributed by atoms with van der Waals surface area (Å²) in [7, 11) is 0. The molecular formula is C13H8F3NO3. The number of hydrogen-bond donors (Lipinski definition) is 1. The van der Waals surface area contributed by atoms with E-state index in [-0.39, 0.29) is 5.75 Å². The van der Waals surface area contributed by atoms with Crippen molar-refractivity contribution in [2.24, 2.45) is 0 Å². The summed E-state index contributed by atoms with van der Waals surface area (Å²) in [5.41, 5.74) is -1.66. The molecule has 0 unspecified atom stereocenters. The second-order valence-electron chi connectivity index (χ2n) is 3.77. The Morgan fingerprint density at radius 1 is 1.10 bits per heavy atom. The van der Waals surface area contributed by atoms with E-state index >= 15 is 0 Å². The second kappa shape index (κ2) is 5.20. The quantitative estimate of drug-likeness (QED) is 0.935. The zero-order chi connectivity index (χ0) is 14.8. The first-order valence-corrected chi connectivity index (χ1v) is 5.42. The molecule has 2 aromatic rings. The molecule has 0 aliphatic carbocycles. The van der Waals surface area contributed by atoms with E-state index in [1.54, 1.807) is 18.2 Å². The average molecular weight is 283 g/mol. The molecule has 0 bridgehead atoms. The Kier molecular flexibility index (Phi) is 3.60. The summed E-state index contributed by atoms with van der Waals surface area (Å²) in [4.78, 5) is 14.2. The summed E-state index contributed by atoms with van der Waals surface area (Å²) in [6, 6.07) is 9.26. The normalized spacial score (nSPS) is 11.2. The number of alkyl halides is 3. The minimum Gasteiger partial charge on any atom is -0.477 e. The van der Waals surface area contributed by atoms with E-state index in [2.05, 4.69) is 4.98 Å². The number of hydrogen-bond acceptors (Lipinski definition) is 3. The van der Waals surface area contributed by atoms with Gasteiger partial charge in [-0.25, -0.2) is 9.78 Å². The molecule has 0 radical (unpaired) electrons. The molecule has 1 N–H and O–H groups in total. The number of carboxylic acids is 1. The number of nitrogens with zero attached hydrogens (tertiary/aromatic N) is 1. The maximum atomic E-state index is 12.6. The van der Waals surface area contributed by atoms with Gasteiger partial charge in [-0.1, -0.05) is 18.2 Å². The number of para-hydroxylation sites is 1. The van der Waals surface area contributed by atoms with E-state index in [1.807, 2.05) is 0 Å². The molecule has 4 nitrogen and oxygen atoms in total. The van der Waals surface area contributed by atoms with Crippen LogP contribution in [-0.4, -0.2) is 16.1 Å². The van der Waals surface area contributed by atoms with Crippen molar-refractivity contribution in [2.45, 2.75) is 6.18 Å². The molecule has 0 aliphatic heterocycles. The number of aromatic nitrogens is 1. The van der Waals surface area contributed by atoms with Gasteiger partial charge in [-0.15, -0.1) is 0 Å². The lowest BCUT2D eigenvalue weighted by atomic mass is 10.2. The molecule has 0 saturated carbocycles. The summed E-state index contributed by atoms with van der Waals surface area (Å²) in [5, 5.41) is 8.94. The van der Waals surface area contributed by atoms with Crippen molar-refractivity contribution in [1.29, 1.82) is 0 Å². The first-order chi connectivity index (χ1) is 9.38. The van der Waals surface area contributed by atoms with E-state index in [9.17, 15) is 18.0 Å². The van der Waals surface area contributed by atoms with Crippen LogP contribution in [0.5, 0.6) is 11.6 Å². The van der Waals surface area contributed by atoms with Gasteiger partial charge in [0.25, 0.3) is 0 Å². The number of pyridine rings is 1. The predicted octanol–water partition coefficient (Wildman–Crippen LogP) is 3.59. The van der Waals surface area contributed by atoms with Crippen molar-refractivity contribution in [3.8, 4) is 11.6 Å². The highest BCUT2D eigenvalue weighted by molar-refractivity contribution is 5.90. The van der Waals surface area contributed by atoms with E-state index in [1.165, 1.54) is 12.1 Å². The molecule has 0 amide bonds. The van der Waals surface area contributed by atoms with Gasteiger partial charge in [-0.05, 0) is 24.3 Å². The van der Waals surface area contributed by atoms with E-state index < -0.39 is 29.3 Å². The minimum absolute atomic E-state index is 0.196. The molecule has 0 saturated heterocycles. The highest BCUT2D eigenvalue weighted by Crippen LogP contribution is 2.31. The molecule has 2 rings (SSSR count). The van der Waals surface area contributed by atoms with Crippen LogP contribution in [0.15, 0.2) is 42.5 Å². The first kappa shape index (κ1) is 13.9. The van der Waals surface area contributed by atoms with Crippen LogP contribution in [0.4, 0.5) is 13.2 Å². The predicted molar refractivity (Wildman–Crippen MR) is 62.7 cm³/mol. The Balaban J connectivity index is 2.45. The number of carbonyl (C=O) groups is 1. The van der Waals surface area contributed by atoms with Gasteiger partial charge in [0.15, 0.2) is 0 Å². The molecule has 0 aliphatic rings. The molecule has 0 spiro atoms. The van der Waals surface area contributed by atoms with Crippen molar-refractivity contribution >= 4 is 5.97 Å². The van der Waals surface area contributed by atoms with Crippen LogP contribution in [0.25, 0.3) is 0 Å². The zero-order valence-corrected chi connectivity index (χ0v) is 9.89. The Labute approximate surface area is 111 Å². The lowest BCUT2D eigenvalue weighted by Crippen LogP contribution is -2.11. The van der Waals surface area contributed by atoms with Gasteiger partial charge in [0, 0.05) is 0 Å². The second-order valence-corrected chi connectivity index (χ2v) is 3.77. The summed E-state index contributed by atoms with van der Waals surface area (Å²) in [6.45, 7) is 0. The van der Waals surface area contributed by atoms with Crippen LogP contribution in [-0.2, 0) is 6.18 Å². The van der Waals surface area contributed by atoms with Gasteiger partial charge in [0.1, 0.15) is 17.0 Å². The van der Waals surface area contributed by atoms with Crippen LogP contribution >= 0.6 is 0 Å². The number of benzene rings is 1. The van der Waals surface area contributed by atoms with Gasteiger partial charge >= 0.3 is 12.1 Å². The molecule has 0 fully saturated rings. The topological polar surface area (TPSA) is 59.4 Å². The van der Waals surface area contributed by atoms with Crippen LogP contribution < -0.4 is 4.74 Å². The zero-order valence-electron chi connectivity index (χ0n) is 9.89. The summed E-state index contributed by atoms with van der Waals surface area (Å²) < 4.78 is 42.8. The number of rotatable bonds is 3. The SMILES string of the molecule is O=C(O)c1ccc(C(F)(F)F)nc1Oc1ccccc1. The van der Waals surface area contributed by atoms with Crippen LogP contribution in [0, 0.1) is 0 Å². The Morgan fingerprint density at radius 2 is 1.75 bits per heavy atom. The van der Waals surface area contributed by atoms with E-state index in [0.29, 0.717) is 6.07 Å². The summed E-state index contributed by atoms with van der Waals surface area (Å²) in [5.74, 6) is -1.82. The lowest BCUT2D eigenvalue weighted by molar-refractivity contribution is -0.141. The van der Waals surface area contributed by atoms with Gasteiger partial charge in [-0.3, -0.25) is 0 Å². The fourth-order valence-corrected chi connectivity index (χ4v) is 1.44. The number of halogens is 3. The Morgan fingerprint density at radius 3 is 2.30 bits per heavy atom. The van der Waals surface area contributed by atoms with Gasteiger partial charge in [-0.2, -0.15) is 13.2 Å². The number of ether oxygens (including phenoxy) is 1.